The maximum absolute atomic E-state index is 11.0. The van der Waals surface area contributed by atoms with Crippen molar-refractivity contribution in [1.82, 2.24) is 9.97 Å². The van der Waals surface area contributed by atoms with Crippen LogP contribution in [0.15, 0.2) is 10.9 Å². The minimum atomic E-state index is -0.567. The highest BCUT2D eigenvalue weighted by molar-refractivity contribution is 6.34. The van der Waals surface area contributed by atoms with E-state index in [4.69, 9.17) is 11.6 Å². The topological polar surface area (TPSA) is 66.0 Å². The highest BCUT2D eigenvalue weighted by Gasteiger charge is 2.08. The van der Waals surface area contributed by atoms with Gasteiger partial charge in [-0.3, -0.25) is 0 Å². The van der Waals surface area contributed by atoms with Crippen LogP contribution in [0.5, 0.6) is 5.75 Å². The van der Waals surface area contributed by atoms with E-state index in [9.17, 15) is 9.90 Å². The second kappa shape index (κ2) is 3.10. The molecular formula is C10H7ClN2O2. The Balaban J connectivity index is 3.20. The first-order chi connectivity index (χ1) is 7.00. The lowest BCUT2D eigenvalue weighted by molar-refractivity contribution is 0.476. The van der Waals surface area contributed by atoms with Crippen LogP contribution in [0.25, 0.3) is 24.1 Å². The molecule has 0 aliphatic rings. The Morgan fingerprint density at radius 2 is 2.13 bits per heavy atom. The molecule has 5 heteroatoms. The van der Waals surface area contributed by atoms with Crippen molar-refractivity contribution >= 4 is 35.7 Å². The van der Waals surface area contributed by atoms with Crippen LogP contribution in [0.4, 0.5) is 0 Å². The first-order valence-corrected chi connectivity index (χ1v) is 4.48. The Morgan fingerprint density at radius 1 is 1.47 bits per heavy atom. The standard InChI is InChI=1S/C10H7ClN2O2/c1-4-3-6-7(8(14)5(4)2)9(11)13-10(15)12-6/h3,14H,1-2H2,(H,12,15). The van der Waals surface area contributed by atoms with Gasteiger partial charge >= 0.3 is 5.69 Å². The van der Waals surface area contributed by atoms with Crippen molar-refractivity contribution in [3.8, 4) is 5.75 Å². The molecule has 1 aromatic heterocycles. The van der Waals surface area contributed by atoms with E-state index in [1.54, 1.807) is 6.07 Å². The van der Waals surface area contributed by atoms with Gasteiger partial charge in [0.15, 0.2) is 0 Å². The first-order valence-electron chi connectivity index (χ1n) is 4.10. The number of fused-ring (bicyclic) bond motifs is 1. The van der Waals surface area contributed by atoms with E-state index < -0.39 is 5.69 Å². The molecule has 1 heterocycles. The summed E-state index contributed by atoms with van der Waals surface area (Å²) in [4.78, 5) is 17.0. The Morgan fingerprint density at radius 3 is 2.80 bits per heavy atom. The van der Waals surface area contributed by atoms with Gasteiger partial charge < -0.3 is 10.1 Å². The van der Waals surface area contributed by atoms with Crippen LogP contribution in [0.1, 0.15) is 0 Å². The summed E-state index contributed by atoms with van der Waals surface area (Å²) >= 11 is 5.75. The van der Waals surface area contributed by atoms with E-state index in [0.29, 0.717) is 16.0 Å². The molecule has 0 atom stereocenters. The number of hydrogen-bond acceptors (Lipinski definition) is 3. The zero-order valence-electron chi connectivity index (χ0n) is 7.67. The summed E-state index contributed by atoms with van der Waals surface area (Å²) < 4.78 is 0. The summed E-state index contributed by atoms with van der Waals surface area (Å²) in [6.45, 7) is 7.32. The predicted octanol–water partition coefficient (Wildman–Crippen LogP) is 0.103. The normalized spacial score (nSPS) is 10.7. The number of aromatic nitrogens is 2. The molecule has 2 rings (SSSR count). The quantitative estimate of drug-likeness (QED) is 0.622. The van der Waals surface area contributed by atoms with Crippen molar-refractivity contribution in [1.29, 1.82) is 0 Å². The summed E-state index contributed by atoms with van der Waals surface area (Å²) in [6, 6.07) is 1.59. The average Bonchev–Trinajstić information content (AvgIpc) is 2.13. The molecule has 0 unspecified atom stereocenters. The van der Waals surface area contributed by atoms with Gasteiger partial charge in [-0.2, -0.15) is 4.98 Å². The zero-order valence-corrected chi connectivity index (χ0v) is 8.43. The van der Waals surface area contributed by atoms with Gasteiger partial charge in [0.1, 0.15) is 10.9 Å². The monoisotopic (exact) mass is 222 g/mol. The molecule has 0 radical (unpaired) electrons. The number of halogens is 1. The van der Waals surface area contributed by atoms with Crippen LogP contribution in [0.3, 0.4) is 0 Å². The summed E-state index contributed by atoms with van der Waals surface area (Å²) in [5, 5.41) is 10.9. The molecule has 1 aromatic carbocycles. The number of H-pyrrole nitrogens is 1. The second-order valence-corrected chi connectivity index (χ2v) is 3.48. The fourth-order valence-electron chi connectivity index (χ4n) is 1.36. The van der Waals surface area contributed by atoms with Gasteiger partial charge in [0, 0.05) is 5.22 Å². The van der Waals surface area contributed by atoms with Crippen molar-refractivity contribution in [2.45, 2.75) is 0 Å². The van der Waals surface area contributed by atoms with Crippen LogP contribution in [0.2, 0.25) is 5.15 Å². The van der Waals surface area contributed by atoms with Gasteiger partial charge in [-0.05, 0) is 11.3 Å². The van der Waals surface area contributed by atoms with Crippen LogP contribution in [-0.4, -0.2) is 15.1 Å². The smallest absolute Gasteiger partial charge is 0.346 e. The highest BCUT2D eigenvalue weighted by atomic mass is 35.5. The number of phenolic OH excluding ortho intramolecular Hbond substituents is 1. The Labute approximate surface area is 89.2 Å². The summed E-state index contributed by atoms with van der Waals surface area (Å²) in [5.41, 5.74) is -0.169. The maximum Gasteiger partial charge on any atom is 0.346 e. The number of aromatic amines is 1. The molecular weight excluding hydrogens is 216 g/mol. The number of benzene rings is 1. The van der Waals surface area contributed by atoms with Gasteiger partial charge in [-0.15, -0.1) is 0 Å². The third-order valence-electron chi connectivity index (χ3n) is 2.15. The minimum Gasteiger partial charge on any atom is -0.507 e. The SMILES string of the molecule is C=c1cc2[nH]c(=O)nc(Cl)c2c(O)c1=C. The summed E-state index contributed by atoms with van der Waals surface area (Å²) in [5.74, 6) is -0.105. The molecule has 76 valence electrons. The molecule has 0 aliphatic carbocycles. The van der Waals surface area contributed by atoms with Crippen molar-refractivity contribution in [2.75, 3.05) is 0 Å². The summed E-state index contributed by atoms with van der Waals surface area (Å²) in [7, 11) is 0. The molecule has 0 spiro atoms. The molecule has 0 saturated carbocycles. The number of nitrogens with one attached hydrogen (secondary N) is 1. The van der Waals surface area contributed by atoms with Crippen molar-refractivity contribution < 1.29 is 5.11 Å². The largest absolute Gasteiger partial charge is 0.507 e. The zero-order chi connectivity index (χ0) is 11.2. The lowest BCUT2D eigenvalue weighted by Gasteiger charge is -2.02. The van der Waals surface area contributed by atoms with E-state index in [0.717, 1.165) is 0 Å². The number of aromatic hydroxyl groups is 1. The van der Waals surface area contributed by atoms with E-state index in [-0.39, 0.29) is 16.3 Å². The molecule has 0 amide bonds. The van der Waals surface area contributed by atoms with Crippen LogP contribution < -0.4 is 16.1 Å². The first kappa shape index (κ1) is 9.73. The molecule has 2 N–H and O–H groups in total. The number of nitrogens with zero attached hydrogens (tertiary/aromatic N) is 1. The third kappa shape index (κ3) is 1.39. The maximum atomic E-state index is 11.0. The Hall–Kier alpha value is -1.81. The van der Waals surface area contributed by atoms with Crippen LogP contribution in [0, 0.1) is 0 Å². The average molecular weight is 223 g/mol. The van der Waals surface area contributed by atoms with Gasteiger partial charge in [0.2, 0.25) is 0 Å². The third-order valence-corrected chi connectivity index (χ3v) is 2.42. The van der Waals surface area contributed by atoms with E-state index in [2.05, 4.69) is 23.1 Å². The highest BCUT2D eigenvalue weighted by Crippen LogP contribution is 2.22. The van der Waals surface area contributed by atoms with E-state index >= 15 is 0 Å². The lowest BCUT2D eigenvalue weighted by Crippen LogP contribution is -2.23. The van der Waals surface area contributed by atoms with Crippen molar-refractivity contribution in [3.05, 3.63) is 32.1 Å². The lowest BCUT2D eigenvalue weighted by atomic mass is 10.1. The Kier molecular flexibility index (Phi) is 2.01. The van der Waals surface area contributed by atoms with E-state index in [1.807, 2.05) is 0 Å². The minimum absolute atomic E-state index is 0.0452. The molecule has 15 heavy (non-hydrogen) atoms. The Bertz CT molecular complexity index is 706. The number of phenols is 1. The van der Waals surface area contributed by atoms with Gasteiger partial charge in [-0.1, -0.05) is 24.8 Å². The van der Waals surface area contributed by atoms with Crippen molar-refractivity contribution in [3.63, 3.8) is 0 Å². The van der Waals surface area contributed by atoms with Crippen molar-refractivity contribution in [2.24, 2.45) is 0 Å². The molecule has 0 saturated heterocycles. The summed E-state index contributed by atoms with van der Waals surface area (Å²) in [6.07, 6.45) is 0. The molecule has 0 bridgehead atoms. The van der Waals surface area contributed by atoms with Gasteiger partial charge in [0.25, 0.3) is 0 Å². The predicted molar refractivity (Wildman–Crippen MR) is 59.3 cm³/mol. The second-order valence-electron chi connectivity index (χ2n) is 3.12. The number of hydrogen-bond donors (Lipinski definition) is 2. The molecule has 2 aromatic rings. The number of rotatable bonds is 0. The van der Waals surface area contributed by atoms with E-state index in [1.165, 1.54) is 0 Å². The van der Waals surface area contributed by atoms with Crippen LogP contribution >= 0.6 is 11.6 Å². The van der Waals surface area contributed by atoms with Gasteiger partial charge in [-0.25, -0.2) is 4.79 Å². The molecule has 4 nitrogen and oxygen atoms in total. The fraction of sp³-hybridized carbons (Fsp3) is 0. The van der Waals surface area contributed by atoms with Gasteiger partial charge in [0.05, 0.1) is 10.9 Å². The molecule has 0 fully saturated rings. The fourth-order valence-corrected chi connectivity index (χ4v) is 1.63. The van der Waals surface area contributed by atoms with Crippen LogP contribution in [-0.2, 0) is 0 Å². The molecule has 0 aliphatic heterocycles.